The number of aliphatic hydroxyl groups excluding tert-OH is 2. The minimum Gasteiger partial charge on any atom is -0.504 e. The second-order valence-corrected chi connectivity index (χ2v) is 19.5. The Morgan fingerprint density at radius 3 is 2.10 bits per heavy atom. The number of amides is 4. The number of rotatable bonds is 18. The van der Waals surface area contributed by atoms with E-state index in [4.69, 9.17) is 31.8 Å². The van der Waals surface area contributed by atoms with Crippen LogP contribution in [0.15, 0.2) is 54.6 Å². The number of benzene rings is 3. The molecule has 24 nitrogen and oxygen atoms in total. The molecule has 6 unspecified atom stereocenters. The van der Waals surface area contributed by atoms with Crippen molar-refractivity contribution in [1.29, 1.82) is 0 Å². The summed E-state index contributed by atoms with van der Waals surface area (Å²) in [6.45, 7) is 4.52. The number of phenolic OH excluding ortho intramolecular Hbond substituents is 1. The molecule has 4 bridgehead atoms. The second kappa shape index (κ2) is 23.6. The summed E-state index contributed by atoms with van der Waals surface area (Å²) in [5.74, 6) is -8.66. The van der Waals surface area contributed by atoms with E-state index in [0.29, 0.717) is 4.90 Å². The highest BCUT2D eigenvalue weighted by Crippen LogP contribution is 2.45. The van der Waals surface area contributed by atoms with Crippen molar-refractivity contribution in [2.24, 2.45) is 16.6 Å². The van der Waals surface area contributed by atoms with Gasteiger partial charge in [-0.2, -0.15) is 13.1 Å². The lowest BCUT2D eigenvalue weighted by molar-refractivity contribution is -0.143. The lowest BCUT2D eigenvalue weighted by Crippen LogP contribution is -2.57. The maximum atomic E-state index is 14.8. The van der Waals surface area contributed by atoms with E-state index < -0.39 is 131 Å². The fourth-order valence-corrected chi connectivity index (χ4v) is 7.83. The molecule has 27 heteroatoms. The fraction of sp³-hybridized carbons (Fsp3) is 0.413. The normalized spacial score (nSPS) is 17.6. The molecule has 0 fully saturated rings. The number of aromatic nitrogens is 2. The number of aliphatic carboxylic acids is 1. The van der Waals surface area contributed by atoms with Crippen LogP contribution in [0.2, 0.25) is 0 Å². The summed E-state index contributed by atoms with van der Waals surface area (Å²) in [5, 5.41) is 54.8. The van der Waals surface area contributed by atoms with Gasteiger partial charge in [0.1, 0.15) is 72.4 Å². The highest BCUT2D eigenvalue weighted by Gasteiger charge is 2.38. The number of aliphatic hydroxyl groups is 2. The number of carbonyl (C=O) groups excluding carboxylic acids is 4. The maximum Gasteiger partial charge on any atom is 0.326 e. The first-order valence-electron chi connectivity index (χ1n) is 22.4. The van der Waals surface area contributed by atoms with Crippen LogP contribution >= 0.6 is 0 Å². The standard InChI is InChI=1S/C46H59F2N11O13S/c1-21-41(63)55-30(45(67)68)13-22-6-11-32(71-19-26(60)16-49)28(12-22)29-14-24(15-33(37(29)62)72-20-27(61)17-50)36(43(65)54-21)59(5)44(66)31(18-53-73(52,69)70)56-42(64)34-35(38(47)48)57-40(58-39(34)51)23-7-9-25(10-8-23)46(2,3)4/h6-12,14-15,21,26-27,30-31,36,38,53,60-62H,13,16-20,49-50H2,1-5H3,(H,54,65)(H,55,63)(H,56,64)(H,67,68)(H2,51,57,58)(H2,52,69,70). The third-order valence-corrected chi connectivity index (χ3v) is 12.0. The number of nitrogens with zero attached hydrogens (tertiary/aromatic N) is 3. The Kier molecular flexibility index (Phi) is 18.4. The van der Waals surface area contributed by atoms with E-state index in [2.05, 4.69) is 25.9 Å². The van der Waals surface area contributed by atoms with E-state index in [-0.39, 0.29) is 64.3 Å². The number of halogens is 2. The van der Waals surface area contributed by atoms with Gasteiger partial charge >= 0.3 is 5.97 Å². The van der Waals surface area contributed by atoms with Crippen LogP contribution < -0.4 is 52.5 Å². The van der Waals surface area contributed by atoms with Crippen molar-refractivity contribution < 1.29 is 71.1 Å². The van der Waals surface area contributed by atoms with E-state index in [1.807, 2.05) is 25.5 Å². The Morgan fingerprint density at radius 2 is 1.53 bits per heavy atom. The van der Waals surface area contributed by atoms with Gasteiger partial charge in [0.2, 0.25) is 17.7 Å². The number of carbonyl (C=O) groups is 5. The predicted octanol–water partition coefficient (Wildman–Crippen LogP) is -0.548. The van der Waals surface area contributed by atoms with Crippen molar-refractivity contribution in [2.45, 2.75) is 82.3 Å². The molecule has 1 aromatic heterocycles. The smallest absolute Gasteiger partial charge is 0.326 e. The van der Waals surface area contributed by atoms with Crippen LogP contribution in [0.4, 0.5) is 14.6 Å². The average molecular weight is 1040 g/mol. The number of anilines is 1. The first-order chi connectivity index (χ1) is 34.1. The molecule has 16 N–H and O–H groups in total. The van der Waals surface area contributed by atoms with Crippen molar-refractivity contribution in [2.75, 3.05) is 45.6 Å². The molecule has 396 valence electrons. The van der Waals surface area contributed by atoms with E-state index in [0.717, 1.165) is 18.7 Å². The van der Waals surface area contributed by atoms with E-state index >= 15 is 0 Å². The molecule has 0 spiro atoms. The van der Waals surface area contributed by atoms with Crippen molar-refractivity contribution >= 4 is 45.6 Å². The van der Waals surface area contributed by atoms with Crippen LogP contribution in [0, 0.1) is 0 Å². The number of nitrogens with two attached hydrogens (primary N) is 4. The van der Waals surface area contributed by atoms with Crippen molar-refractivity contribution in [3.05, 3.63) is 82.5 Å². The number of ether oxygens (including phenoxy) is 2. The zero-order valence-electron chi connectivity index (χ0n) is 40.3. The first kappa shape index (κ1) is 56.8. The number of hydrogen-bond donors (Lipinski definition) is 12. The molecule has 3 aromatic carbocycles. The molecule has 0 saturated carbocycles. The molecule has 6 atom stereocenters. The van der Waals surface area contributed by atoms with E-state index in [1.165, 1.54) is 31.2 Å². The van der Waals surface area contributed by atoms with E-state index in [9.17, 15) is 61.6 Å². The predicted molar refractivity (Wildman–Crippen MR) is 259 cm³/mol. The number of alkyl halides is 2. The summed E-state index contributed by atoms with van der Waals surface area (Å²) in [7, 11) is -3.67. The molecule has 4 amide bonds. The van der Waals surface area contributed by atoms with Gasteiger partial charge in [0, 0.05) is 49.8 Å². The van der Waals surface area contributed by atoms with Crippen LogP contribution in [0.5, 0.6) is 17.2 Å². The Hall–Kier alpha value is -7.14. The van der Waals surface area contributed by atoms with Gasteiger partial charge in [-0.3, -0.25) is 19.2 Å². The molecule has 0 aliphatic carbocycles. The summed E-state index contributed by atoms with van der Waals surface area (Å²) in [6, 6.07) is 5.82. The van der Waals surface area contributed by atoms with Crippen LogP contribution in [0.25, 0.3) is 22.5 Å². The van der Waals surface area contributed by atoms with Crippen molar-refractivity contribution in [3.8, 4) is 39.8 Å². The summed E-state index contributed by atoms with van der Waals surface area (Å²) < 4.78 is 67.7. The number of carboxylic acids is 1. The summed E-state index contributed by atoms with van der Waals surface area (Å²) in [6.07, 6.45) is -6.31. The van der Waals surface area contributed by atoms with Gasteiger partial charge in [-0.25, -0.2) is 28.7 Å². The van der Waals surface area contributed by atoms with Gasteiger partial charge in [0.15, 0.2) is 17.3 Å². The molecular weight excluding hydrogens is 985 g/mol. The van der Waals surface area contributed by atoms with Crippen LogP contribution in [0.3, 0.4) is 0 Å². The van der Waals surface area contributed by atoms with Gasteiger partial charge in [-0.1, -0.05) is 51.1 Å². The Bertz CT molecular complexity index is 2820. The monoisotopic (exact) mass is 1040 g/mol. The third-order valence-electron chi connectivity index (χ3n) is 11.4. The number of carboxylic acid groups (broad SMARTS) is 1. The molecule has 1 aliphatic heterocycles. The summed E-state index contributed by atoms with van der Waals surface area (Å²) in [4.78, 5) is 78.4. The molecule has 73 heavy (non-hydrogen) atoms. The Morgan fingerprint density at radius 1 is 0.918 bits per heavy atom. The molecule has 1 aliphatic rings. The summed E-state index contributed by atoms with van der Waals surface area (Å²) >= 11 is 0. The fourth-order valence-electron chi connectivity index (χ4n) is 7.43. The van der Waals surface area contributed by atoms with Gasteiger partial charge in [0.25, 0.3) is 22.5 Å². The first-order valence-corrected chi connectivity index (χ1v) is 24.0. The maximum absolute atomic E-state index is 14.8. The van der Waals surface area contributed by atoms with Gasteiger partial charge < -0.3 is 68.0 Å². The molecule has 2 heterocycles. The van der Waals surface area contributed by atoms with Gasteiger partial charge in [-0.05, 0) is 53.3 Å². The number of nitrogen functional groups attached to an aromatic ring is 1. The number of aromatic hydroxyl groups is 1. The minimum atomic E-state index is -4.68. The summed E-state index contributed by atoms with van der Waals surface area (Å²) in [5.41, 5.74) is 15.9. The number of hydrogen-bond acceptors (Lipinski definition) is 17. The molecule has 0 radical (unpaired) electrons. The number of nitrogens with one attached hydrogen (secondary N) is 4. The number of likely N-dealkylation sites (N-methyl/N-ethyl adjacent to an activating group) is 1. The van der Waals surface area contributed by atoms with Gasteiger partial charge in [0.05, 0.1) is 0 Å². The van der Waals surface area contributed by atoms with E-state index in [1.54, 1.807) is 24.3 Å². The number of fused-ring (bicyclic) bond motifs is 5. The zero-order chi connectivity index (χ0) is 54.3. The van der Waals surface area contributed by atoms with Crippen molar-refractivity contribution in [1.82, 2.24) is 35.5 Å². The zero-order valence-corrected chi connectivity index (χ0v) is 41.1. The highest BCUT2D eigenvalue weighted by molar-refractivity contribution is 7.87. The second-order valence-electron chi connectivity index (χ2n) is 18.1. The van der Waals surface area contributed by atoms with Crippen LogP contribution in [-0.2, 0) is 41.2 Å². The molecule has 0 saturated heterocycles. The van der Waals surface area contributed by atoms with Crippen molar-refractivity contribution in [3.63, 3.8) is 0 Å². The molecule has 4 aromatic rings. The largest absolute Gasteiger partial charge is 0.504 e. The quantitative estimate of drug-likeness (QED) is 0.0595. The Balaban J connectivity index is 1.69. The lowest BCUT2D eigenvalue weighted by atomic mass is 9.86. The SMILES string of the molecule is CC1NC(=O)C(N(C)C(=O)C(CNS(N)(=O)=O)NC(=O)c2c(N)nc(-c3ccc(C(C)(C)C)cc3)nc2C(F)F)c2cc(OCC(O)CN)c(O)c(c2)-c2cc(ccc2OCC(O)CN)CC(C(=O)O)NC1=O. The van der Waals surface area contributed by atoms with Gasteiger partial charge in [-0.15, -0.1) is 0 Å². The number of phenols is 1. The average Bonchev–Trinajstić information content (AvgIpc) is 3.32. The Labute approximate surface area is 418 Å². The molecular formula is C46H59F2N11O13S. The minimum absolute atomic E-state index is 0.0237. The topological polar surface area (TPSA) is 400 Å². The lowest BCUT2D eigenvalue weighted by Gasteiger charge is -2.33. The molecule has 5 rings (SSSR count). The van der Waals surface area contributed by atoms with Crippen LogP contribution in [0.1, 0.15) is 72.9 Å². The third kappa shape index (κ3) is 14.3. The van der Waals surface area contributed by atoms with Crippen LogP contribution in [-0.4, -0.2) is 144 Å². The highest BCUT2D eigenvalue weighted by atomic mass is 32.2.